The zero-order chi connectivity index (χ0) is 17.3. The second kappa shape index (κ2) is 15.6. The minimum Gasteiger partial charge on any atom is -0.267 e. The molecular weight excluding hydrogens is 294 g/mol. The Morgan fingerprint density at radius 1 is 0.667 bits per heavy atom. The summed E-state index contributed by atoms with van der Waals surface area (Å²) in [7, 11) is 0. The van der Waals surface area contributed by atoms with Crippen LogP contribution in [0.25, 0.3) is 0 Å². The first kappa shape index (κ1) is 21.1. The number of carbonyl (C=O) groups excluding carboxylic acids is 1. The van der Waals surface area contributed by atoms with Gasteiger partial charge in [0.15, 0.2) is 0 Å². The van der Waals surface area contributed by atoms with E-state index < -0.39 is 0 Å². The second-order valence-corrected chi connectivity index (χ2v) is 7.33. The average Bonchev–Trinajstić information content (AvgIpc) is 2.99. The number of unbranched alkanes of at least 4 members (excludes halogenated alkanes) is 15. The highest BCUT2D eigenvalue weighted by Crippen LogP contribution is 2.16. The third-order valence-electron chi connectivity index (χ3n) is 5.04. The quantitative estimate of drug-likeness (QED) is 0.259. The molecule has 0 unspecified atom stereocenters. The van der Waals surface area contributed by atoms with Crippen molar-refractivity contribution in [2.75, 3.05) is 0 Å². The van der Waals surface area contributed by atoms with Crippen molar-refractivity contribution < 1.29 is 4.79 Å². The minimum absolute atomic E-state index is 0.0176. The monoisotopic (exact) mass is 333 g/mol. The molecule has 0 spiro atoms. The maximum atomic E-state index is 11.3. The molecule has 1 heterocycles. The van der Waals surface area contributed by atoms with Crippen LogP contribution in [0.1, 0.15) is 116 Å². The van der Waals surface area contributed by atoms with Crippen molar-refractivity contribution in [2.24, 2.45) is 4.99 Å². The van der Waals surface area contributed by atoms with E-state index in [2.05, 4.69) is 11.9 Å². The first-order valence-corrected chi connectivity index (χ1v) is 10.6. The van der Waals surface area contributed by atoms with Crippen LogP contribution >= 0.6 is 0 Å². The molecule has 0 aliphatic carbocycles. The summed E-state index contributed by atoms with van der Waals surface area (Å²) in [6.07, 6.45) is 26.6. The fraction of sp³-hybridized carbons (Fsp3) is 0.818. The largest absolute Gasteiger partial charge is 0.272 e. The van der Waals surface area contributed by atoms with Crippen LogP contribution in [-0.4, -0.2) is 12.1 Å². The van der Waals surface area contributed by atoms with Crippen molar-refractivity contribution in [3.8, 4) is 0 Å². The van der Waals surface area contributed by atoms with Gasteiger partial charge >= 0.3 is 0 Å². The summed E-state index contributed by atoms with van der Waals surface area (Å²) in [5.41, 5.74) is 0.903. The second-order valence-electron chi connectivity index (χ2n) is 7.33. The number of aliphatic imine (C=N–C) groups is 1. The van der Waals surface area contributed by atoms with E-state index in [4.69, 9.17) is 0 Å². The van der Waals surface area contributed by atoms with Gasteiger partial charge in [0, 0.05) is 11.8 Å². The first-order valence-electron chi connectivity index (χ1n) is 10.6. The highest BCUT2D eigenvalue weighted by atomic mass is 16.1. The van der Waals surface area contributed by atoms with Gasteiger partial charge in [-0.05, 0) is 18.9 Å². The van der Waals surface area contributed by atoms with E-state index in [0.29, 0.717) is 0 Å². The standard InChI is InChI=1S/C22H39NO/c1-2-3-4-5-6-7-8-9-10-11-12-13-14-15-16-17-18-21-19-20-23-22(21)24/h19-20H,2-18H2,1H3. The van der Waals surface area contributed by atoms with Gasteiger partial charge in [-0.1, -0.05) is 103 Å². The lowest BCUT2D eigenvalue weighted by Crippen LogP contribution is -1.94. The van der Waals surface area contributed by atoms with Gasteiger partial charge in [-0.25, -0.2) is 4.99 Å². The van der Waals surface area contributed by atoms with Crippen LogP contribution in [0.2, 0.25) is 0 Å². The molecule has 138 valence electrons. The third kappa shape index (κ3) is 11.6. The molecule has 2 nitrogen and oxygen atoms in total. The van der Waals surface area contributed by atoms with Crippen molar-refractivity contribution in [3.63, 3.8) is 0 Å². The predicted octanol–water partition coefficient (Wildman–Crippen LogP) is 7.18. The first-order chi connectivity index (χ1) is 11.8. The Bertz CT molecular complexity index is 370. The molecule has 0 saturated heterocycles. The molecule has 1 aliphatic heterocycles. The van der Waals surface area contributed by atoms with E-state index in [1.165, 1.54) is 96.3 Å². The topological polar surface area (TPSA) is 29.4 Å². The van der Waals surface area contributed by atoms with Crippen molar-refractivity contribution in [1.82, 2.24) is 0 Å². The van der Waals surface area contributed by atoms with E-state index in [0.717, 1.165) is 18.4 Å². The van der Waals surface area contributed by atoms with Crippen LogP contribution in [0.5, 0.6) is 0 Å². The van der Waals surface area contributed by atoms with Crippen LogP contribution in [0.15, 0.2) is 16.6 Å². The van der Waals surface area contributed by atoms with Gasteiger partial charge in [0.2, 0.25) is 0 Å². The summed E-state index contributed by atoms with van der Waals surface area (Å²) < 4.78 is 0. The van der Waals surface area contributed by atoms with Crippen molar-refractivity contribution in [2.45, 2.75) is 116 Å². The molecule has 1 aliphatic rings. The molecule has 24 heavy (non-hydrogen) atoms. The highest BCUT2D eigenvalue weighted by Gasteiger charge is 2.10. The van der Waals surface area contributed by atoms with Crippen LogP contribution in [0, 0.1) is 0 Å². The molecule has 2 heteroatoms. The van der Waals surface area contributed by atoms with Crippen molar-refractivity contribution in [1.29, 1.82) is 0 Å². The Balaban J connectivity index is 1.70. The third-order valence-corrected chi connectivity index (χ3v) is 5.04. The number of nitrogens with zero attached hydrogens (tertiary/aromatic N) is 1. The van der Waals surface area contributed by atoms with Gasteiger partial charge < -0.3 is 0 Å². The number of hydrogen-bond acceptors (Lipinski definition) is 1. The van der Waals surface area contributed by atoms with Gasteiger partial charge in [0.05, 0.1) is 0 Å². The summed E-state index contributed by atoms with van der Waals surface area (Å²) in [5.74, 6) is -0.0176. The van der Waals surface area contributed by atoms with Gasteiger partial charge in [-0.3, -0.25) is 4.79 Å². The van der Waals surface area contributed by atoms with Crippen LogP contribution in [0.4, 0.5) is 0 Å². The Labute approximate surface area is 150 Å². The number of carbonyl (C=O) groups is 1. The molecule has 0 radical (unpaired) electrons. The Morgan fingerprint density at radius 3 is 1.46 bits per heavy atom. The molecule has 0 atom stereocenters. The number of amides is 1. The summed E-state index contributed by atoms with van der Waals surface area (Å²) >= 11 is 0. The fourth-order valence-corrected chi connectivity index (χ4v) is 3.40. The van der Waals surface area contributed by atoms with E-state index in [1.54, 1.807) is 6.21 Å². The van der Waals surface area contributed by atoms with Crippen molar-refractivity contribution >= 4 is 12.1 Å². The molecule has 0 bridgehead atoms. The normalized spacial score (nSPS) is 13.7. The number of rotatable bonds is 17. The average molecular weight is 334 g/mol. The smallest absolute Gasteiger partial charge is 0.267 e. The zero-order valence-corrected chi connectivity index (χ0v) is 16.0. The van der Waals surface area contributed by atoms with E-state index in [1.807, 2.05) is 6.08 Å². The molecule has 1 amide bonds. The summed E-state index contributed by atoms with van der Waals surface area (Å²) in [6.45, 7) is 2.28. The molecule has 0 fully saturated rings. The van der Waals surface area contributed by atoms with Gasteiger partial charge in [-0.15, -0.1) is 0 Å². The predicted molar refractivity (Wildman–Crippen MR) is 106 cm³/mol. The highest BCUT2D eigenvalue weighted by molar-refractivity contribution is 6.07. The van der Waals surface area contributed by atoms with Crippen LogP contribution in [-0.2, 0) is 4.79 Å². The van der Waals surface area contributed by atoms with E-state index in [9.17, 15) is 4.79 Å². The van der Waals surface area contributed by atoms with E-state index >= 15 is 0 Å². The number of allylic oxidation sites excluding steroid dienone is 1. The van der Waals surface area contributed by atoms with Gasteiger partial charge in [0.25, 0.3) is 5.91 Å². The van der Waals surface area contributed by atoms with Crippen LogP contribution in [0.3, 0.4) is 0 Å². The Kier molecular flexibility index (Phi) is 13.7. The van der Waals surface area contributed by atoms with E-state index in [-0.39, 0.29) is 5.91 Å². The molecule has 1 rings (SSSR count). The lowest BCUT2D eigenvalue weighted by atomic mass is 10.0. The van der Waals surface area contributed by atoms with Crippen molar-refractivity contribution in [3.05, 3.63) is 11.6 Å². The maximum absolute atomic E-state index is 11.3. The summed E-state index contributed by atoms with van der Waals surface area (Å²) in [4.78, 5) is 15.1. The number of hydrogen-bond donors (Lipinski definition) is 0. The molecule has 0 saturated carbocycles. The fourth-order valence-electron chi connectivity index (χ4n) is 3.40. The Hall–Kier alpha value is -0.920. The van der Waals surface area contributed by atoms with Gasteiger partial charge in [-0.2, -0.15) is 0 Å². The Morgan fingerprint density at radius 2 is 1.08 bits per heavy atom. The molecular formula is C22H39NO. The molecule has 0 aromatic heterocycles. The summed E-state index contributed by atoms with van der Waals surface area (Å²) in [6, 6.07) is 0. The van der Waals surface area contributed by atoms with Crippen LogP contribution < -0.4 is 0 Å². The maximum Gasteiger partial charge on any atom is 0.272 e. The molecule has 0 aromatic rings. The SMILES string of the molecule is CCCCCCCCCCCCCCCCCCC1=CC=NC1=O. The minimum atomic E-state index is -0.0176. The van der Waals surface area contributed by atoms with Gasteiger partial charge in [0.1, 0.15) is 0 Å². The molecule has 0 aromatic carbocycles. The molecule has 0 N–H and O–H groups in total. The lowest BCUT2D eigenvalue weighted by molar-refractivity contribution is -0.114. The zero-order valence-electron chi connectivity index (χ0n) is 16.0. The summed E-state index contributed by atoms with van der Waals surface area (Å²) in [5, 5.41) is 0. The lowest BCUT2D eigenvalue weighted by Gasteiger charge is -2.03.